The first kappa shape index (κ1) is 13.6. The van der Waals surface area contributed by atoms with E-state index in [9.17, 15) is 9.90 Å². The zero-order valence-corrected chi connectivity index (χ0v) is 11.3. The van der Waals surface area contributed by atoms with E-state index < -0.39 is 0 Å². The SMILES string of the molecule is CC(C)C[C@@H](CO)NC(=O)c1cc2ccccc2[nH]1. The summed E-state index contributed by atoms with van der Waals surface area (Å²) in [7, 11) is 0. The Kier molecular flexibility index (Phi) is 4.22. The molecular weight excluding hydrogens is 240 g/mol. The number of amides is 1. The Bertz CT molecular complexity index is 527. The van der Waals surface area contributed by atoms with E-state index in [0.29, 0.717) is 11.6 Å². The van der Waals surface area contributed by atoms with Crippen LogP contribution in [0, 0.1) is 5.92 Å². The number of para-hydroxylation sites is 1. The monoisotopic (exact) mass is 260 g/mol. The number of hydrogen-bond acceptors (Lipinski definition) is 2. The molecular formula is C15H20N2O2. The summed E-state index contributed by atoms with van der Waals surface area (Å²) in [5.41, 5.74) is 1.47. The molecule has 0 aliphatic carbocycles. The minimum Gasteiger partial charge on any atom is -0.394 e. The standard InChI is InChI=1S/C15H20N2O2/c1-10(2)7-12(9-18)16-15(19)14-8-11-5-3-4-6-13(11)17-14/h3-6,8,10,12,17-18H,7,9H2,1-2H3,(H,16,19)/t12-/m0/s1. The summed E-state index contributed by atoms with van der Waals surface area (Å²) in [6, 6.07) is 9.39. The van der Waals surface area contributed by atoms with Crippen molar-refractivity contribution in [3.63, 3.8) is 0 Å². The van der Waals surface area contributed by atoms with Gasteiger partial charge in [-0.15, -0.1) is 0 Å². The highest BCUT2D eigenvalue weighted by atomic mass is 16.3. The number of aliphatic hydroxyl groups excluding tert-OH is 1. The average Bonchev–Trinajstić information content (AvgIpc) is 2.81. The number of rotatable bonds is 5. The van der Waals surface area contributed by atoms with Crippen LogP contribution in [-0.4, -0.2) is 28.6 Å². The van der Waals surface area contributed by atoms with Crippen LogP contribution in [0.25, 0.3) is 10.9 Å². The number of aromatic nitrogens is 1. The molecule has 102 valence electrons. The molecule has 0 unspecified atom stereocenters. The van der Waals surface area contributed by atoms with Gasteiger partial charge in [0.2, 0.25) is 0 Å². The zero-order valence-electron chi connectivity index (χ0n) is 11.3. The molecule has 2 aromatic rings. The van der Waals surface area contributed by atoms with E-state index in [1.54, 1.807) is 0 Å². The van der Waals surface area contributed by atoms with Gasteiger partial charge in [0, 0.05) is 10.9 Å². The molecule has 4 heteroatoms. The average molecular weight is 260 g/mol. The molecule has 1 heterocycles. The number of carbonyl (C=O) groups excluding carboxylic acids is 1. The van der Waals surface area contributed by atoms with Crippen LogP contribution in [0.15, 0.2) is 30.3 Å². The normalized spacial score (nSPS) is 12.8. The van der Waals surface area contributed by atoms with E-state index in [4.69, 9.17) is 0 Å². The Morgan fingerprint density at radius 2 is 2.11 bits per heavy atom. The van der Waals surface area contributed by atoms with Crippen LogP contribution in [0.3, 0.4) is 0 Å². The summed E-state index contributed by atoms with van der Waals surface area (Å²) in [6.45, 7) is 4.10. The van der Waals surface area contributed by atoms with Crippen molar-refractivity contribution in [2.24, 2.45) is 5.92 Å². The van der Waals surface area contributed by atoms with Crippen LogP contribution >= 0.6 is 0 Å². The highest BCUT2D eigenvalue weighted by Crippen LogP contribution is 2.15. The first-order valence-corrected chi connectivity index (χ1v) is 6.59. The number of fused-ring (bicyclic) bond motifs is 1. The van der Waals surface area contributed by atoms with Gasteiger partial charge in [0.05, 0.1) is 12.6 Å². The lowest BCUT2D eigenvalue weighted by atomic mass is 10.0. The molecule has 1 atom stereocenters. The van der Waals surface area contributed by atoms with E-state index >= 15 is 0 Å². The van der Waals surface area contributed by atoms with Gasteiger partial charge in [-0.1, -0.05) is 32.0 Å². The molecule has 0 bridgehead atoms. The van der Waals surface area contributed by atoms with Crippen LogP contribution < -0.4 is 5.32 Å². The Morgan fingerprint density at radius 3 is 2.74 bits per heavy atom. The number of nitrogens with one attached hydrogen (secondary N) is 2. The molecule has 3 N–H and O–H groups in total. The van der Waals surface area contributed by atoms with E-state index in [2.05, 4.69) is 24.1 Å². The maximum absolute atomic E-state index is 12.1. The van der Waals surface area contributed by atoms with Gasteiger partial charge >= 0.3 is 0 Å². The molecule has 1 aromatic heterocycles. The van der Waals surface area contributed by atoms with Gasteiger partial charge in [-0.2, -0.15) is 0 Å². The molecule has 0 fully saturated rings. The Balaban J connectivity index is 2.10. The summed E-state index contributed by atoms with van der Waals surface area (Å²) in [4.78, 5) is 15.2. The molecule has 0 spiro atoms. The van der Waals surface area contributed by atoms with Crippen LogP contribution in [0.1, 0.15) is 30.8 Å². The van der Waals surface area contributed by atoms with Gasteiger partial charge in [0.1, 0.15) is 5.69 Å². The molecule has 0 aliphatic heterocycles. The Hall–Kier alpha value is -1.81. The van der Waals surface area contributed by atoms with Crippen LogP contribution in [0.2, 0.25) is 0 Å². The third-order valence-corrected chi connectivity index (χ3v) is 3.09. The highest BCUT2D eigenvalue weighted by molar-refractivity contribution is 5.98. The van der Waals surface area contributed by atoms with Crippen molar-refractivity contribution in [3.05, 3.63) is 36.0 Å². The first-order valence-electron chi connectivity index (χ1n) is 6.59. The second-order valence-electron chi connectivity index (χ2n) is 5.25. The number of hydrogen-bond donors (Lipinski definition) is 3. The fourth-order valence-corrected chi connectivity index (χ4v) is 2.21. The van der Waals surface area contributed by atoms with E-state index in [1.165, 1.54) is 0 Å². The van der Waals surface area contributed by atoms with Crippen LogP contribution in [-0.2, 0) is 0 Å². The second kappa shape index (κ2) is 5.89. The van der Waals surface area contributed by atoms with Crippen molar-refractivity contribution >= 4 is 16.8 Å². The summed E-state index contributed by atoms with van der Waals surface area (Å²) in [5.74, 6) is 0.260. The zero-order chi connectivity index (χ0) is 13.8. The minimum atomic E-state index is -0.195. The molecule has 19 heavy (non-hydrogen) atoms. The van der Waals surface area contributed by atoms with Crippen molar-refractivity contribution in [2.75, 3.05) is 6.61 Å². The largest absolute Gasteiger partial charge is 0.394 e. The van der Waals surface area contributed by atoms with E-state index in [1.807, 2.05) is 30.3 Å². The van der Waals surface area contributed by atoms with Crippen LogP contribution in [0.4, 0.5) is 0 Å². The maximum atomic E-state index is 12.1. The van der Waals surface area contributed by atoms with Crippen molar-refractivity contribution < 1.29 is 9.90 Å². The van der Waals surface area contributed by atoms with Gasteiger partial charge in [-0.25, -0.2) is 0 Å². The van der Waals surface area contributed by atoms with E-state index in [0.717, 1.165) is 17.3 Å². The van der Waals surface area contributed by atoms with Gasteiger partial charge in [0.25, 0.3) is 5.91 Å². The third-order valence-electron chi connectivity index (χ3n) is 3.09. The summed E-state index contributed by atoms with van der Waals surface area (Å²) in [6.07, 6.45) is 0.766. The molecule has 1 aromatic carbocycles. The minimum absolute atomic E-state index is 0.0376. The Labute approximate surface area is 112 Å². The quantitative estimate of drug-likeness (QED) is 0.772. The van der Waals surface area contributed by atoms with Crippen molar-refractivity contribution in [2.45, 2.75) is 26.3 Å². The number of carbonyl (C=O) groups is 1. The van der Waals surface area contributed by atoms with E-state index in [-0.39, 0.29) is 18.6 Å². The van der Waals surface area contributed by atoms with Crippen molar-refractivity contribution in [3.8, 4) is 0 Å². The molecule has 0 saturated heterocycles. The molecule has 0 saturated carbocycles. The fourth-order valence-electron chi connectivity index (χ4n) is 2.21. The molecule has 2 rings (SSSR count). The predicted molar refractivity (Wildman–Crippen MR) is 76.1 cm³/mol. The number of aliphatic hydroxyl groups is 1. The highest BCUT2D eigenvalue weighted by Gasteiger charge is 2.15. The van der Waals surface area contributed by atoms with Gasteiger partial charge in [-0.3, -0.25) is 4.79 Å². The van der Waals surface area contributed by atoms with Gasteiger partial charge in [-0.05, 0) is 24.5 Å². The maximum Gasteiger partial charge on any atom is 0.268 e. The van der Waals surface area contributed by atoms with Crippen molar-refractivity contribution in [1.29, 1.82) is 0 Å². The molecule has 4 nitrogen and oxygen atoms in total. The summed E-state index contributed by atoms with van der Waals surface area (Å²) >= 11 is 0. The fraction of sp³-hybridized carbons (Fsp3) is 0.400. The Morgan fingerprint density at radius 1 is 1.37 bits per heavy atom. The van der Waals surface area contributed by atoms with Crippen molar-refractivity contribution in [1.82, 2.24) is 10.3 Å². The number of H-pyrrole nitrogens is 1. The van der Waals surface area contributed by atoms with Gasteiger partial charge < -0.3 is 15.4 Å². The number of benzene rings is 1. The lowest BCUT2D eigenvalue weighted by Gasteiger charge is -2.17. The first-order chi connectivity index (χ1) is 9.10. The predicted octanol–water partition coefficient (Wildman–Crippen LogP) is 2.30. The smallest absolute Gasteiger partial charge is 0.268 e. The lowest BCUT2D eigenvalue weighted by Crippen LogP contribution is -2.38. The number of aromatic amines is 1. The molecule has 1 amide bonds. The topological polar surface area (TPSA) is 65.1 Å². The third kappa shape index (κ3) is 3.35. The lowest BCUT2D eigenvalue weighted by molar-refractivity contribution is 0.0904. The summed E-state index contributed by atoms with van der Waals surface area (Å²) < 4.78 is 0. The van der Waals surface area contributed by atoms with Gasteiger partial charge in [0.15, 0.2) is 0 Å². The molecule has 0 radical (unpaired) electrons. The summed E-state index contributed by atoms with van der Waals surface area (Å²) in [5, 5.41) is 13.2. The second-order valence-corrected chi connectivity index (χ2v) is 5.25. The molecule has 0 aliphatic rings. The van der Waals surface area contributed by atoms with Crippen LogP contribution in [0.5, 0.6) is 0 Å².